The Morgan fingerprint density at radius 2 is 1.75 bits per heavy atom. The van der Waals surface area contributed by atoms with E-state index in [-0.39, 0.29) is 12.3 Å². The minimum Gasteiger partial charge on any atom is -0.481 e. The van der Waals surface area contributed by atoms with Crippen molar-refractivity contribution in [2.75, 3.05) is 39.3 Å². The molecule has 1 amide bonds. The molecule has 1 heterocycles. The second kappa shape index (κ2) is 7.59. The lowest BCUT2D eigenvalue weighted by Crippen LogP contribution is -2.51. The van der Waals surface area contributed by atoms with Gasteiger partial charge in [-0.05, 0) is 12.8 Å². The predicted molar refractivity (Wildman–Crippen MR) is 75.5 cm³/mol. The summed E-state index contributed by atoms with van der Waals surface area (Å²) in [6, 6.07) is 0.524. The first kappa shape index (κ1) is 15.3. The Kier molecular flexibility index (Phi) is 5.79. The highest BCUT2D eigenvalue weighted by Crippen LogP contribution is 2.17. The number of carboxylic acids is 1. The molecule has 1 saturated carbocycles. The first-order valence-corrected chi connectivity index (χ1v) is 7.60. The standard InChI is InChI=1S/C14H25N3O3/c18-13(11-15-12-3-1-2-4-12)17-9-7-16(8-10-17)6-5-14(19)20/h12,15H,1-11H2,(H,19,20). The van der Waals surface area contributed by atoms with E-state index in [1.54, 1.807) is 0 Å². The van der Waals surface area contributed by atoms with E-state index in [1.165, 1.54) is 25.7 Å². The van der Waals surface area contributed by atoms with Gasteiger partial charge in [-0.3, -0.25) is 14.5 Å². The number of carbonyl (C=O) groups excluding carboxylic acids is 1. The number of piperazine rings is 1. The van der Waals surface area contributed by atoms with Crippen LogP contribution in [0, 0.1) is 0 Å². The Hall–Kier alpha value is -1.14. The van der Waals surface area contributed by atoms with E-state index in [0.717, 1.165) is 13.1 Å². The first-order chi connectivity index (χ1) is 9.65. The molecular formula is C14H25N3O3. The third-order valence-electron chi connectivity index (χ3n) is 4.26. The Morgan fingerprint density at radius 1 is 1.10 bits per heavy atom. The molecule has 0 aromatic carbocycles. The van der Waals surface area contributed by atoms with Crippen molar-refractivity contribution in [2.24, 2.45) is 0 Å². The van der Waals surface area contributed by atoms with E-state index in [4.69, 9.17) is 5.11 Å². The van der Waals surface area contributed by atoms with Crippen LogP contribution >= 0.6 is 0 Å². The van der Waals surface area contributed by atoms with Crippen molar-refractivity contribution in [1.29, 1.82) is 0 Å². The molecule has 0 unspecified atom stereocenters. The summed E-state index contributed by atoms with van der Waals surface area (Å²) < 4.78 is 0. The molecule has 0 bridgehead atoms. The molecule has 2 aliphatic rings. The summed E-state index contributed by atoms with van der Waals surface area (Å²) in [5.74, 6) is -0.584. The summed E-state index contributed by atoms with van der Waals surface area (Å²) in [6.45, 7) is 4.01. The van der Waals surface area contributed by atoms with E-state index in [2.05, 4.69) is 10.2 Å². The van der Waals surface area contributed by atoms with Crippen molar-refractivity contribution >= 4 is 11.9 Å². The van der Waals surface area contributed by atoms with Crippen LogP contribution in [0.5, 0.6) is 0 Å². The van der Waals surface area contributed by atoms with Crippen LogP contribution in [0.15, 0.2) is 0 Å². The van der Waals surface area contributed by atoms with Gasteiger partial charge in [0.2, 0.25) is 5.91 Å². The first-order valence-electron chi connectivity index (χ1n) is 7.60. The molecule has 0 atom stereocenters. The van der Waals surface area contributed by atoms with Gasteiger partial charge >= 0.3 is 5.97 Å². The van der Waals surface area contributed by atoms with E-state index in [9.17, 15) is 9.59 Å². The van der Waals surface area contributed by atoms with Crippen molar-refractivity contribution in [2.45, 2.75) is 38.1 Å². The maximum Gasteiger partial charge on any atom is 0.304 e. The zero-order valence-corrected chi connectivity index (χ0v) is 12.0. The van der Waals surface area contributed by atoms with Crippen molar-refractivity contribution in [3.63, 3.8) is 0 Å². The van der Waals surface area contributed by atoms with Crippen LogP contribution in [0.2, 0.25) is 0 Å². The van der Waals surface area contributed by atoms with Crippen LogP contribution in [0.3, 0.4) is 0 Å². The number of amides is 1. The minimum absolute atomic E-state index is 0.176. The van der Waals surface area contributed by atoms with Gasteiger partial charge in [-0.25, -0.2) is 0 Å². The van der Waals surface area contributed by atoms with Crippen LogP contribution in [0.1, 0.15) is 32.1 Å². The summed E-state index contributed by atoms with van der Waals surface area (Å²) in [7, 11) is 0. The summed E-state index contributed by atoms with van der Waals surface area (Å²) in [5.41, 5.74) is 0. The number of carboxylic acid groups (broad SMARTS) is 1. The Balaban J connectivity index is 1.62. The molecule has 0 aromatic rings. The molecule has 0 radical (unpaired) electrons. The molecule has 1 aliphatic carbocycles. The third kappa shape index (κ3) is 4.76. The molecule has 114 valence electrons. The van der Waals surface area contributed by atoms with Crippen molar-refractivity contribution in [3.8, 4) is 0 Å². The van der Waals surface area contributed by atoms with Gasteiger partial charge in [-0.2, -0.15) is 0 Å². The number of aliphatic carboxylic acids is 1. The number of carbonyl (C=O) groups is 2. The van der Waals surface area contributed by atoms with Crippen molar-refractivity contribution < 1.29 is 14.7 Å². The quantitative estimate of drug-likeness (QED) is 0.725. The minimum atomic E-state index is -0.760. The zero-order chi connectivity index (χ0) is 14.4. The molecular weight excluding hydrogens is 258 g/mol. The van der Waals surface area contributed by atoms with Gasteiger partial charge in [0.25, 0.3) is 0 Å². The van der Waals surface area contributed by atoms with E-state index in [0.29, 0.717) is 32.2 Å². The van der Waals surface area contributed by atoms with Gasteiger partial charge < -0.3 is 15.3 Å². The Morgan fingerprint density at radius 3 is 2.35 bits per heavy atom. The van der Waals surface area contributed by atoms with Crippen LogP contribution in [-0.4, -0.2) is 72.1 Å². The molecule has 0 aromatic heterocycles. The third-order valence-corrected chi connectivity index (χ3v) is 4.26. The van der Waals surface area contributed by atoms with Crippen molar-refractivity contribution in [1.82, 2.24) is 15.1 Å². The van der Waals surface area contributed by atoms with Gasteiger partial charge in [0, 0.05) is 38.8 Å². The van der Waals surface area contributed by atoms with Crippen LogP contribution < -0.4 is 5.32 Å². The number of nitrogens with zero attached hydrogens (tertiary/aromatic N) is 2. The fraction of sp³-hybridized carbons (Fsp3) is 0.857. The molecule has 2 N–H and O–H groups in total. The number of hydrogen-bond donors (Lipinski definition) is 2. The molecule has 0 spiro atoms. The van der Waals surface area contributed by atoms with E-state index < -0.39 is 5.97 Å². The average Bonchev–Trinajstić information content (AvgIpc) is 2.96. The zero-order valence-electron chi connectivity index (χ0n) is 12.0. The van der Waals surface area contributed by atoms with Crippen LogP contribution in [0.4, 0.5) is 0 Å². The SMILES string of the molecule is O=C(O)CCN1CCN(C(=O)CNC2CCCC2)CC1. The van der Waals surface area contributed by atoms with E-state index in [1.807, 2.05) is 4.90 Å². The highest BCUT2D eigenvalue weighted by atomic mass is 16.4. The molecule has 1 saturated heterocycles. The Labute approximate surface area is 120 Å². The van der Waals surface area contributed by atoms with Crippen LogP contribution in [-0.2, 0) is 9.59 Å². The fourth-order valence-corrected chi connectivity index (χ4v) is 2.95. The highest BCUT2D eigenvalue weighted by molar-refractivity contribution is 5.78. The smallest absolute Gasteiger partial charge is 0.304 e. The average molecular weight is 283 g/mol. The summed E-state index contributed by atoms with van der Waals surface area (Å²) >= 11 is 0. The van der Waals surface area contributed by atoms with Crippen molar-refractivity contribution in [3.05, 3.63) is 0 Å². The lowest BCUT2D eigenvalue weighted by Gasteiger charge is -2.34. The monoisotopic (exact) mass is 283 g/mol. The normalized spacial score (nSPS) is 21.3. The predicted octanol–water partition coefficient (Wildman–Crippen LogP) is 0.138. The molecule has 6 heteroatoms. The second-order valence-electron chi connectivity index (χ2n) is 5.73. The molecule has 2 rings (SSSR count). The molecule has 6 nitrogen and oxygen atoms in total. The largest absolute Gasteiger partial charge is 0.481 e. The summed E-state index contributed by atoms with van der Waals surface area (Å²) in [6.07, 6.45) is 5.10. The summed E-state index contributed by atoms with van der Waals surface area (Å²) in [4.78, 5) is 26.6. The number of rotatable bonds is 6. The summed E-state index contributed by atoms with van der Waals surface area (Å²) in [5, 5.41) is 12.0. The maximum atomic E-state index is 12.1. The molecule has 20 heavy (non-hydrogen) atoms. The van der Waals surface area contributed by atoms with Gasteiger partial charge in [0.05, 0.1) is 13.0 Å². The topological polar surface area (TPSA) is 72.9 Å². The number of nitrogens with one attached hydrogen (secondary N) is 1. The molecule has 2 fully saturated rings. The maximum absolute atomic E-state index is 12.1. The van der Waals surface area contributed by atoms with Crippen LogP contribution in [0.25, 0.3) is 0 Å². The van der Waals surface area contributed by atoms with Gasteiger partial charge in [0.1, 0.15) is 0 Å². The van der Waals surface area contributed by atoms with Gasteiger partial charge in [-0.1, -0.05) is 12.8 Å². The fourth-order valence-electron chi connectivity index (χ4n) is 2.95. The van der Waals surface area contributed by atoms with Gasteiger partial charge in [-0.15, -0.1) is 0 Å². The van der Waals surface area contributed by atoms with Gasteiger partial charge in [0.15, 0.2) is 0 Å². The lowest BCUT2D eigenvalue weighted by molar-refractivity contribution is -0.138. The lowest BCUT2D eigenvalue weighted by atomic mass is 10.2. The van der Waals surface area contributed by atoms with E-state index >= 15 is 0 Å². The Bertz CT molecular complexity index is 335. The second-order valence-corrected chi connectivity index (χ2v) is 5.73. The number of hydrogen-bond acceptors (Lipinski definition) is 4. The molecule has 1 aliphatic heterocycles. The highest BCUT2D eigenvalue weighted by Gasteiger charge is 2.22.